The maximum Gasteiger partial charge on any atom is 0.119 e. The van der Waals surface area contributed by atoms with E-state index in [0.717, 1.165) is 48.7 Å². The Kier molecular flexibility index (Phi) is 17.3. The molecule has 0 aliphatic heterocycles. The second-order valence-electron chi connectivity index (χ2n) is 9.51. The number of nitrogens with zero attached hydrogens (tertiary/aromatic N) is 3. The Bertz CT molecular complexity index is 822. The van der Waals surface area contributed by atoms with Crippen LogP contribution in [0.25, 0.3) is 0 Å². The van der Waals surface area contributed by atoms with Gasteiger partial charge in [0, 0.05) is 19.7 Å². The fourth-order valence-corrected chi connectivity index (χ4v) is 4.24. The van der Waals surface area contributed by atoms with Gasteiger partial charge < -0.3 is 20.1 Å². The van der Waals surface area contributed by atoms with E-state index in [9.17, 15) is 0 Å². The van der Waals surface area contributed by atoms with Crippen LogP contribution in [0.1, 0.15) is 69.8 Å². The summed E-state index contributed by atoms with van der Waals surface area (Å²) >= 11 is 0. The molecule has 0 amide bonds. The fraction of sp³-hybridized carbons (Fsp3) is 0.600. The number of hydrogen-bond donors (Lipinski definition) is 3. The minimum absolute atomic E-state index is 0.151. The number of benzene rings is 2. The monoisotopic (exact) mass is 513 g/mol. The molecule has 0 unspecified atom stereocenters. The molecule has 0 atom stereocenters. The van der Waals surface area contributed by atoms with E-state index in [1.54, 1.807) is 0 Å². The lowest BCUT2D eigenvalue weighted by Gasteiger charge is -2.19. The van der Waals surface area contributed by atoms with Gasteiger partial charge in [0.15, 0.2) is 0 Å². The molecule has 0 spiro atoms. The van der Waals surface area contributed by atoms with E-state index in [1.165, 1.54) is 51.4 Å². The Morgan fingerprint density at radius 1 is 0.541 bits per heavy atom. The third kappa shape index (κ3) is 14.9. The van der Waals surface area contributed by atoms with Crippen molar-refractivity contribution in [2.24, 2.45) is 10.2 Å². The highest BCUT2D eigenvalue weighted by Crippen LogP contribution is 2.22. The van der Waals surface area contributed by atoms with E-state index < -0.39 is 0 Å². The first-order valence-corrected chi connectivity index (χ1v) is 14.0. The van der Waals surface area contributed by atoms with Gasteiger partial charge in [-0.15, -0.1) is 0 Å². The molecule has 0 aliphatic carbocycles. The summed E-state index contributed by atoms with van der Waals surface area (Å²) in [7, 11) is 0. The van der Waals surface area contributed by atoms with Gasteiger partial charge in [0.05, 0.1) is 31.2 Å². The molecule has 7 nitrogen and oxygen atoms in total. The first-order valence-electron chi connectivity index (χ1n) is 14.0. The van der Waals surface area contributed by atoms with Crippen LogP contribution in [0, 0.1) is 0 Å². The summed E-state index contributed by atoms with van der Waals surface area (Å²) in [5, 5.41) is 35.6. The van der Waals surface area contributed by atoms with Crippen LogP contribution in [0.3, 0.4) is 0 Å². The second-order valence-corrected chi connectivity index (χ2v) is 9.51. The third-order valence-electron chi connectivity index (χ3n) is 6.42. The highest BCUT2D eigenvalue weighted by molar-refractivity contribution is 5.43. The van der Waals surface area contributed by atoms with Gasteiger partial charge in [0.1, 0.15) is 5.75 Å². The van der Waals surface area contributed by atoms with Gasteiger partial charge >= 0.3 is 0 Å². The maximum atomic E-state index is 9.04. The van der Waals surface area contributed by atoms with Crippen molar-refractivity contribution in [2.45, 2.75) is 70.6 Å². The quantitative estimate of drug-likeness (QED) is 0.129. The van der Waals surface area contributed by atoms with Crippen LogP contribution in [0.2, 0.25) is 0 Å². The SMILES string of the molecule is OCCc1ccc(N=Nc2ccc(OCCCCCCCCCCCCN(CCO)CCO)cc2)cc1. The first kappa shape index (κ1) is 30.9. The van der Waals surface area contributed by atoms with E-state index in [2.05, 4.69) is 15.1 Å². The summed E-state index contributed by atoms with van der Waals surface area (Å²) < 4.78 is 5.87. The van der Waals surface area contributed by atoms with E-state index >= 15 is 0 Å². The molecule has 2 rings (SSSR count). The standard InChI is InChI=1S/C30H47N3O4/c34-23-19-27-11-13-28(14-12-27)31-32-29-15-17-30(18-16-29)37-26-10-8-6-4-2-1-3-5-7-9-20-33(21-24-35)22-25-36/h11-18,34-36H,1-10,19-26H2. The predicted octanol–water partition coefficient (Wildman–Crippen LogP) is 6.20. The Morgan fingerprint density at radius 2 is 1.03 bits per heavy atom. The summed E-state index contributed by atoms with van der Waals surface area (Å²) in [6.45, 7) is 3.51. The van der Waals surface area contributed by atoms with Gasteiger partial charge in [-0.05, 0) is 67.8 Å². The van der Waals surface area contributed by atoms with Gasteiger partial charge in [0.25, 0.3) is 0 Å². The molecule has 37 heavy (non-hydrogen) atoms. The van der Waals surface area contributed by atoms with Crippen molar-refractivity contribution in [3.8, 4) is 5.75 Å². The molecule has 0 bridgehead atoms. The Labute approximate surface area is 223 Å². The first-order chi connectivity index (χ1) is 18.2. The maximum absolute atomic E-state index is 9.04. The lowest BCUT2D eigenvalue weighted by atomic mass is 10.1. The Hall–Kier alpha value is -2.32. The number of aliphatic hydroxyl groups is 3. The van der Waals surface area contributed by atoms with Crippen LogP contribution >= 0.6 is 0 Å². The molecule has 2 aromatic carbocycles. The van der Waals surface area contributed by atoms with Gasteiger partial charge in [0.2, 0.25) is 0 Å². The molecule has 2 aromatic rings. The minimum atomic E-state index is 0.151. The smallest absolute Gasteiger partial charge is 0.119 e. The molecule has 0 heterocycles. The van der Waals surface area contributed by atoms with Gasteiger partial charge in [-0.1, -0.05) is 63.5 Å². The van der Waals surface area contributed by atoms with Crippen molar-refractivity contribution in [3.05, 3.63) is 54.1 Å². The predicted molar refractivity (Wildman–Crippen MR) is 150 cm³/mol. The molecular weight excluding hydrogens is 466 g/mol. The average molecular weight is 514 g/mol. The second kappa shape index (κ2) is 20.7. The van der Waals surface area contributed by atoms with E-state index in [-0.39, 0.29) is 19.8 Å². The van der Waals surface area contributed by atoms with Crippen molar-refractivity contribution >= 4 is 11.4 Å². The van der Waals surface area contributed by atoms with Gasteiger partial charge in [-0.25, -0.2) is 0 Å². The number of aliphatic hydroxyl groups excluding tert-OH is 3. The lowest BCUT2D eigenvalue weighted by Crippen LogP contribution is -2.30. The van der Waals surface area contributed by atoms with Crippen LogP contribution in [0.5, 0.6) is 5.75 Å². The van der Waals surface area contributed by atoms with E-state index in [0.29, 0.717) is 19.5 Å². The Balaban J connectivity index is 1.44. The van der Waals surface area contributed by atoms with Crippen LogP contribution in [0.4, 0.5) is 11.4 Å². The molecule has 7 heteroatoms. The summed E-state index contributed by atoms with van der Waals surface area (Å²) in [5.74, 6) is 0.864. The molecule has 0 radical (unpaired) electrons. The summed E-state index contributed by atoms with van der Waals surface area (Å²) in [6.07, 6.45) is 13.1. The number of ether oxygens (including phenoxy) is 1. The molecule has 0 aromatic heterocycles. The van der Waals surface area contributed by atoms with Crippen molar-refractivity contribution in [2.75, 3.05) is 46.1 Å². The molecule has 3 N–H and O–H groups in total. The fourth-order valence-electron chi connectivity index (χ4n) is 4.24. The third-order valence-corrected chi connectivity index (χ3v) is 6.42. The van der Waals surface area contributed by atoms with Crippen molar-refractivity contribution < 1.29 is 20.1 Å². The van der Waals surface area contributed by atoms with Gasteiger partial charge in [-0.2, -0.15) is 10.2 Å². The Morgan fingerprint density at radius 3 is 1.54 bits per heavy atom. The summed E-state index contributed by atoms with van der Waals surface area (Å²) in [4.78, 5) is 2.13. The van der Waals surface area contributed by atoms with Crippen LogP contribution in [-0.4, -0.2) is 66.3 Å². The molecule has 206 valence electrons. The molecular formula is C30H47N3O4. The summed E-state index contributed by atoms with van der Waals surface area (Å²) in [5.41, 5.74) is 2.67. The number of azo groups is 1. The van der Waals surface area contributed by atoms with Crippen LogP contribution in [0.15, 0.2) is 58.8 Å². The zero-order valence-corrected chi connectivity index (χ0v) is 22.4. The molecule has 0 fully saturated rings. The molecule has 0 saturated heterocycles. The number of rotatable bonds is 22. The zero-order chi connectivity index (χ0) is 26.4. The largest absolute Gasteiger partial charge is 0.494 e. The summed E-state index contributed by atoms with van der Waals surface area (Å²) in [6, 6.07) is 15.4. The number of hydrogen-bond acceptors (Lipinski definition) is 7. The van der Waals surface area contributed by atoms with E-state index in [1.807, 2.05) is 48.5 Å². The molecule has 0 aliphatic rings. The lowest BCUT2D eigenvalue weighted by molar-refractivity contribution is 0.159. The van der Waals surface area contributed by atoms with Crippen molar-refractivity contribution in [1.29, 1.82) is 0 Å². The minimum Gasteiger partial charge on any atom is -0.494 e. The zero-order valence-electron chi connectivity index (χ0n) is 22.4. The van der Waals surface area contributed by atoms with Gasteiger partial charge in [-0.3, -0.25) is 4.90 Å². The molecule has 0 saturated carbocycles. The highest BCUT2D eigenvalue weighted by atomic mass is 16.5. The van der Waals surface area contributed by atoms with Crippen molar-refractivity contribution in [3.63, 3.8) is 0 Å². The van der Waals surface area contributed by atoms with Crippen LogP contribution in [-0.2, 0) is 6.42 Å². The highest BCUT2D eigenvalue weighted by Gasteiger charge is 2.03. The van der Waals surface area contributed by atoms with Crippen LogP contribution < -0.4 is 4.74 Å². The number of unbranched alkanes of at least 4 members (excludes halogenated alkanes) is 9. The topological polar surface area (TPSA) is 97.9 Å². The average Bonchev–Trinajstić information content (AvgIpc) is 2.92. The van der Waals surface area contributed by atoms with E-state index in [4.69, 9.17) is 20.1 Å². The van der Waals surface area contributed by atoms with Crippen molar-refractivity contribution in [1.82, 2.24) is 4.90 Å². The normalized spacial score (nSPS) is 11.6.